The summed E-state index contributed by atoms with van der Waals surface area (Å²) in [5.74, 6) is 6.64. The molecule has 2 saturated carbocycles. The SMILES string of the molecule is N#Cc1ccc(OC2CCC(NC(=O)c3ccc(C#CC4CC(=O)C4)nn3)CC2)cc1Cl. The van der Waals surface area contributed by atoms with E-state index in [0.717, 1.165) is 25.7 Å². The maximum Gasteiger partial charge on any atom is 0.272 e. The Morgan fingerprint density at radius 1 is 1.12 bits per heavy atom. The molecule has 1 amide bonds. The van der Waals surface area contributed by atoms with Crippen molar-refractivity contribution in [2.75, 3.05) is 0 Å². The lowest BCUT2D eigenvalue weighted by molar-refractivity contribution is -0.125. The monoisotopic (exact) mass is 448 g/mol. The van der Waals surface area contributed by atoms with Crippen LogP contribution in [0.25, 0.3) is 0 Å². The molecule has 1 aromatic heterocycles. The molecular weight excluding hydrogens is 428 g/mol. The van der Waals surface area contributed by atoms with Gasteiger partial charge < -0.3 is 10.1 Å². The van der Waals surface area contributed by atoms with Gasteiger partial charge in [0.05, 0.1) is 16.7 Å². The van der Waals surface area contributed by atoms with Gasteiger partial charge in [-0.3, -0.25) is 9.59 Å². The Morgan fingerprint density at radius 3 is 2.53 bits per heavy atom. The Bertz CT molecular complexity index is 1110. The molecule has 0 atom stereocenters. The summed E-state index contributed by atoms with van der Waals surface area (Å²) in [5, 5.41) is 20.3. The highest BCUT2D eigenvalue weighted by Crippen LogP contribution is 2.27. The normalized spacial score (nSPS) is 20.3. The summed E-state index contributed by atoms with van der Waals surface area (Å²) >= 11 is 6.06. The van der Waals surface area contributed by atoms with Gasteiger partial charge in [-0.25, -0.2) is 0 Å². The summed E-state index contributed by atoms with van der Waals surface area (Å²) in [6.07, 6.45) is 4.23. The zero-order valence-electron chi connectivity index (χ0n) is 17.3. The van der Waals surface area contributed by atoms with E-state index < -0.39 is 0 Å². The number of hydrogen-bond donors (Lipinski definition) is 1. The Labute approximate surface area is 191 Å². The smallest absolute Gasteiger partial charge is 0.272 e. The minimum absolute atomic E-state index is 0.0377. The van der Waals surface area contributed by atoms with Crippen molar-refractivity contribution in [3.63, 3.8) is 0 Å². The zero-order valence-corrected chi connectivity index (χ0v) is 18.1. The fourth-order valence-corrected chi connectivity index (χ4v) is 3.94. The van der Waals surface area contributed by atoms with Crippen molar-refractivity contribution in [3.05, 3.63) is 52.3 Å². The fraction of sp³-hybridized carbons (Fsp3) is 0.375. The highest BCUT2D eigenvalue weighted by molar-refractivity contribution is 6.31. The number of ether oxygens (including phenoxy) is 1. The van der Waals surface area contributed by atoms with Crippen molar-refractivity contribution in [1.29, 1.82) is 5.26 Å². The van der Waals surface area contributed by atoms with Gasteiger partial charge in [0.1, 0.15) is 23.3 Å². The van der Waals surface area contributed by atoms with E-state index in [9.17, 15) is 9.59 Å². The predicted molar refractivity (Wildman–Crippen MR) is 117 cm³/mol. The van der Waals surface area contributed by atoms with E-state index in [1.54, 1.807) is 30.3 Å². The lowest BCUT2D eigenvalue weighted by atomic mass is 9.84. The summed E-state index contributed by atoms with van der Waals surface area (Å²) in [6, 6.07) is 10.4. The fourth-order valence-electron chi connectivity index (χ4n) is 3.72. The molecule has 1 N–H and O–H groups in total. The van der Waals surface area contributed by atoms with Gasteiger partial charge in [-0.05, 0) is 55.9 Å². The van der Waals surface area contributed by atoms with Gasteiger partial charge in [-0.2, -0.15) is 5.26 Å². The van der Waals surface area contributed by atoms with E-state index in [4.69, 9.17) is 21.6 Å². The van der Waals surface area contributed by atoms with Crippen LogP contribution in [0.4, 0.5) is 0 Å². The molecule has 8 heteroatoms. The van der Waals surface area contributed by atoms with Gasteiger partial charge in [0, 0.05) is 30.9 Å². The van der Waals surface area contributed by atoms with E-state index >= 15 is 0 Å². The third-order valence-electron chi connectivity index (χ3n) is 5.62. The Hall–Kier alpha value is -3.42. The maximum absolute atomic E-state index is 12.5. The molecule has 0 radical (unpaired) electrons. The van der Waals surface area contributed by atoms with Crippen LogP contribution in [0.1, 0.15) is 60.3 Å². The number of carbonyl (C=O) groups is 2. The highest BCUT2D eigenvalue weighted by atomic mass is 35.5. The third-order valence-corrected chi connectivity index (χ3v) is 5.94. The first kappa shape index (κ1) is 21.8. The highest BCUT2D eigenvalue weighted by Gasteiger charge is 2.25. The predicted octanol–water partition coefficient (Wildman–Crippen LogP) is 3.45. The van der Waals surface area contributed by atoms with Crippen molar-refractivity contribution in [2.24, 2.45) is 5.92 Å². The number of ketones is 1. The molecule has 1 aromatic carbocycles. The molecule has 2 aliphatic carbocycles. The lowest BCUT2D eigenvalue weighted by Gasteiger charge is -2.29. The van der Waals surface area contributed by atoms with Gasteiger partial charge in [0.15, 0.2) is 5.69 Å². The number of nitriles is 1. The van der Waals surface area contributed by atoms with E-state index in [-0.39, 0.29) is 35.4 Å². The van der Waals surface area contributed by atoms with E-state index in [1.807, 2.05) is 6.07 Å². The van der Waals surface area contributed by atoms with Crippen LogP contribution in [-0.2, 0) is 4.79 Å². The number of carbonyl (C=O) groups excluding carboxylic acids is 2. The number of nitrogens with one attached hydrogen (secondary N) is 1. The Morgan fingerprint density at radius 2 is 1.91 bits per heavy atom. The molecule has 2 fully saturated rings. The van der Waals surface area contributed by atoms with E-state index in [1.165, 1.54) is 0 Å². The van der Waals surface area contributed by atoms with E-state index in [0.29, 0.717) is 34.9 Å². The molecule has 0 spiro atoms. The molecule has 32 heavy (non-hydrogen) atoms. The zero-order chi connectivity index (χ0) is 22.5. The van der Waals surface area contributed by atoms with Crippen molar-refractivity contribution in [3.8, 4) is 23.7 Å². The summed E-state index contributed by atoms with van der Waals surface area (Å²) < 4.78 is 5.98. The maximum atomic E-state index is 12.5. The number of hydrogen-bond acceptors (Lipinski definition) is 6. The molecule has 2 aromatic rings. The number of benzene rings is 1. The molecule has 7 nitrogen and oxygen atoms in total. The number of amides is 1. The van der Waals surface area contributed by atoms with Gasteiger partial charge in [-0.1, -0.05) is 17.5 Å². The summed E-state index contributed by atoms with van der Waals surface area (Å²) in [5.41, 5.74) is 1.16. The van der Waals surface area contributed by atoms with Crippen LogP contribution in [0.3, 0.4) is 0 Å². The molecule has 0 unspecified atom stereocenters. The van der Waals surface area contributed by atoms with Crippen LogP contribution in [0, 0.1) is 29.1 Å². The lowest BCUT2D eigenvalue weighted by Crippen LogP contribution is -2.40. The first-order valence-corrected chi connectivity index (χ1v) is 10.9. The number of aromatic nitrogens is 2. The van der Waals surface area contributed by atoms with Gasteiger partial charge in [0.2, 0.25) is 0 Å². The van der Waals surface area contributed by atoms with Crippen LogP contribution in [0.15, 0.2) is 30.3 Å². The van der Waals surface area contributed by atoms with Crippen LogP contribution in [0.5, 0.6) is 5.75 Å². The average Bonchev–Trinajstić information content (AvgIpc) is 2.78. The first-order valence-electron chi connectivity index (χ1n) is 10.5. The molecule has 162 valence electrons. The minimum atomic E-state index is -0.259. The second-order valence-electron chi connectivity index (χ2n) is 8.04. The molecule has 1 heterocycles. The average molecular weight is 449 g/mol. The van der Waals surface area contributed by atoms with Crippen molar-refractivity contribution < 1.29 is 14.3 Å². The van der Waals surface area contributed by atoms with Crippen LogP contribution in [0.2, 0.25) is 5.02 Å². The summed E-state index contributed by atoms with van der Waals surface area (Å²) in [7, 11) is 0. The molecule has 0 bridgehead atoms. The van der Waals surface area contributed by atoms with Crippen LogP contribution < -0.4 is 10.1 Å². The third kappa shape index (κ3) is 5.43. The second-order valence-corrected chi connectivity index (χ2v) is 8.44. The van der Waals surface area contributed by atoms with Gasteiger partial charge >= 0.3 is 0 Å². The summed E-state index contributed by atoms with van der Waals surface area (Å²) in [4.78, 5) is 23.5. The van der Waals surface area contributed by atoms with E-state index in [2.05, 4.69) is 27.4 Å². The Kier molecular flexibility index (Phi) is 6.68. The number of nitrogens with zero attached hydrogens (tertiary/aromatic N) is 3. The van der Waals surface area contributed by atoms with Crippen molar-refractivity contribution >= 4 is 23.3 Å². The molecular formula is C24H21ClN4O3. The number of rotatable bonds is 4. The van der Waals surface area contributed by atoms with Crippen molar-refractivity contribution in [2.45, 2.75) is 50.7 Å². The Balaban J connectivity index is 1.24. The number of Topliss-reactive ketones (excluding diaryl/α,β-unsaturated/α-hetero) is 1. The second kappa shape index (κ2) is 9.80. The largest absolute Gasteiger partial charge is 0.490 e. The molecule has 2 aliphatic rings. The standard InChI is InChI=1S/C24H21ClN4O3/c25-22-13-21(7-2-16(22)14-26)32-20-8-4-17(5-9-20)27-24(31)23-10-6-18(28-29-23)3-1-15-11-19(30)12-15/h2,6-7,10,13,15,17,20H,4-5,8-9,11-12H2,(H,27,31). The molecule has 0 saturated heterocycles. The first-order chi connectivity index (χ1) is 15.5. The number of halogens is 1. The quantitative estimate of drug-likeness (QED) is 0.718. The van der Waals surface area contributed by atoms with Gasteiger partial charge in [0.25, 0.3) is 5.91 Å². The topological polar surface area (TPSA) is 105 Å². The molecule has 0 aliphatic heterocycles. The summed E-state index contributed by atoms with van der Waals surface area (Å²) in [6.45, 7) is 0. The van der Waals surface area contributed by atoms with Crippen LogP contribution in [-0.4, -0.2) is 34.0 Å². The van der Waals surface area contributed by atoms with Crippen LogP contribution >= 0.6 is 11.6 Å². The molecule has 4 rings (SSSR count). The van der Waals surface area contributed by atoms with Gasteiger partial charge in [-0.15, -0.1) is 10.2 Å². The van der Waals surface area contributed by atoms with Crippen molar-refractivity contribution in [1.82, 2.24) is 15.5 Å². The minimum Gasteiger partial charge on any atom is -0.490 e.